The molecule has 4 rings (SSSR count). The largest absolute Gasteiger partial charge is 0.366 e. The number of halogens is 3. The third-order valence-corrected chi connectivity index (χ3v) is 5.87. The van der Waals surface area contributed by atoms with Gasteiger partial charge in [0.15, 0.2) is 0 Å². The average molecular weight is 433 g/mol. The van der Waals surface area contributed by atoms with E-state index in [0.717, 1.165) is 23.8 Å². The molecule has 4 nitrogen and oxygen atoms in total. The first-order valence-electron chi connectivity index (χ1n) is 9.46. The Hall–Kier alpha value is -2.37. The van der Waals surface area contributed by atoms with Gasteiger partial charge in [-0.25, -0.2) is 9.29 Å². The van der Waals surface area contributed by atoms with Crippen molar-refractivity contribution in [2.24, 2.45) is 5.92 Å². The molecule has 2 aromatic carbocycles. The summed E-state index contributed by atoms with van der Waals surface area (Å²) in [5, 5.41) is 0.401. The van der Waals surface area contributed by atoms with Crippen molar-refractivity contribution in [2.75, 3.05) is 18.0 Å². The van der Waals surface area contributed by atoms with Gasteiger partial charge in [-0.05, 0) is 54.7 Å². The molecule has 150 valence electrons. The van der Waals surface area contributed by atoms with E-state index in [2.05, 4.69) is 6.92 Å². The first-order valence-corrected chi connectivity index (χ1v) is 10.2. The molecule has 1 fully saturated rings. The summed E-state index contributed by atoms with van der Waals surface area (Å²) in [6, 6.07) is 10.7. The summed E-state index contributed by atoms with van der Waals surface area (Å²) in [5.74, 6) is -1.06. The van der Waals surface area contributed by atoms with Crippen LogP contribution in [0.5, 0.6) is 0 Å². The van der Waals surface area contributed by atoms with Crippen molar-refractivity contribution in [3.05, 3.63) is 69.6 Å². The van der Waals surface area contributed by atoms with Crippen LogP contribution in [0.3, 0.4) is 0 Å². The standard InChI is InChI=1S/C22H19Cl2FN2O2/c1-13-3-2-10-26(12-13)20-19(14-4-6-15(23)7-5-14)21(28)27(22(20)29)16-8-9-18(25)17(24)11-16/h4-9,11,13H,2-3,10,12H2,1H3. The van der Waals surface area contributed by atoms with E-state index < -0.39 is 17.6 Å². The first-order chi connectivity index (χ1) is 13.9. The second-order valence-electron chi connectivity index (χ2n) is 7.47. The second-order valence-corrected chi connectivity index (χ2v) is 8.31. The van der Waals surface area contributed by atoms with Crippen LogP contribution in [0.4, 0.5) is 10.1 Å². The Balaban J connectivity index is 1.83. The van der Waals surface area contributed by atoms with Crippen molar-refractivity contribution in [1.29, 1.82) is 0 Å². The molecule has 0 aromatic heterocycles. The third kappa shape index (κ3) is 3.65. The fourth-order valence-corrected chi connectivity index (χ4v) is 4.24. The normalized spacial score (nSPS) is 20.1. The van der Waals surface area contributed by atoms with Crippen LogP contribution in [0, 0.1) is 11.7 Å². The molecular formula is C22H19Cl2FN2O2. The van der Waals surface area contributed by atoms with Gasteiger partial charge in [-0.1, -0.05) is 42.3 Å². The lowest BCUT2D eigenvalue weighted by molar-refractivity contribution is -0.120. The number of rotatable bonds is 3. The average Bonchev–Trinajstić information content (AvgIpc) is 2.95. The Labute approximate surface area is 178 Å². The fourth-order valence-electron chi connectivity index (χ4n) is 3.94. The minimum absolute atomic E-state index is 0.142. The van der Waals surface area contributed by atoms with Crippen molar-refractivity contribution in [3.8, 4) is 0 Å². The Kier molecular flexibility index (Phi) is 5.36. The maximum Gasteiger partial charge on any atom is 0.282 e. The summed E-state index contributed by atoms with van der Waals surface area (Å²) in [7, 11) is 0. The van der Waals surface area contributed by atoms with Crippen molar-refractivity contribution >= 4 is 46.3 Å². The molecule has 7 heteroatoms. The molecule has 2 aliphatic rings. The van der Waals surface area contributed by atoms with E-state index in [-0.39, 0.29) is 10.7 Å². The van der Waals surface area contributed by atoms with Crippen LogP contribution >= 0.6 is 23.2 Å². The minimum Gasteiger partial charge on any atom is -0.366 e. The van der Waals surface area contributed by atoms with Crippen molar-refractivity contribution in [1.82, 2.24) is 4.90 Å². The van der Waals surface area contributed by atoms with Crippen molar-refractivity contribution in [2.45, 2.75) is 19.8 Å². The Morgan fingerprint density at radius 1 is 1.03 bits per heavy atom. The lowest BCUT2D eigenvalue weighted by Crippen LogP contribution is -2.39. The molecule has 2 aromatic rings. The Morgan fingerprint density at radius 3 is 2.41 bits per heavy atom. The highest BCUT2D eigenvalue weighted by atomic mass is 35.5. The van der Waals surface area contributed by atoms with Gasteiger partial charge in [-0.3, -0.25) is 9.59 Å². The maximum absolute atomic E-state index is 13.6. The van der Waals surface area contributed by atoms with Gasteiger partial charge in [0.05, 0.1) is 16.3 Å². The highest BCUT2D eigenvalue weighted by molar-refractivity contribution is 6.45. The van der Waals surface area contributed by atoms with E-state index in [1.54, 1.807) is 24.3 Å². The molecule has 2 aliphatic heterocycles. The third-order valence-electron chi connectivity index (χ3n) is 5.33. The lowest BCUT2D eigenvalue weighted by Gasteiger charge is -2.33. The molecule has 0 radical (unpaired) electrons. The molecule has 1 unspecified atom stereocenters. The number of piperidine rings is 1. The van der Waals surface area contributed by atoms with E-state index in [1.807, 2.05) is 4.90 Å². The first kappa shape index (κ1) is 19.9. The van der Waals surface area contributed by atoms with Crippen LogP contribution in [0.2, 0.25) is 10.0 Å². The van der Waals surface area contributed by atoms with E-state index in [4.69, 9.17) is 23.2 Å². The summed E-state index contributed by atoms with van der Waals surface area (Å²) >= 11 is 11.9. The number of nitrogens with zero attached hydrogens (tertiary/aromatic N) is 2. The number of amides is 2. The predicted octanol–water partition coefficient (Wildman–Crippen LogP) is 5.15. The number of hydrogen-bond donors (Lipinski definition) is 0. The summed E-state index contributed by atoms with van der Waals surface area (Å²) in [6.07, 6.45) is 2.03. The molecule has 29 heavy (non-hydrogen) atoms. The van der Waals surface area contributed by atoms with E-state index >= 15 is 0 Å². The number of benzene rings is 2. The minimum atomic E-state index is -0.606. The van der Waals surface area contributed by atoms with Crippen molar-refractivity contribution in [3.63, 3.8) is 0 Å². The van der Waals surface area contributed by atoms with Gasteiger partial charge in [-0.2, -0.15) is 0 Å². The summed E-state index contributed by atoms with van der Waals surface area (Å²) in [6.45, 7) is 3.53. The zero-order valence-corrected chi connectivity index (χ0v) is 17.3. The van der Waals surface area contributed by atoms with Crippen LogP contribution in [0.1, 0.15) is 25.3 Å². The van der Waals surface area contributed by atoms with Gasteiger partial charge in [0.1, 0.15) is 11.5 Å². The van der Waals surface area contributed by atoms with Crippen molar-refractivity contribution < 1.29 is 14.0 Å². The molecule has 1 atom stereocenters. The highest BCUT2D eigenvalue weighted by Crippen LogP contribution is 2.37. The maximum atomic E-state index is 13.6. The zero-order valence-electron chi connectivity index (χ0n) is 15.8. The lowest BCUT2D eigenvalue weighted by atomic mass is 9.98. The fraction of sp³-hybridized carbons (Fsp3) is 0.273. The number of anilines is 1. The van der Waals surface area contributed by atoms with Crippen LogP contribution in [0.15, 0.2) is 48.2 Å². The molecule has 0 spiro atoms. The topological polar surface area (TPSA) is 40.6 Å². The molecule has 1 saturated heterocycles. The molecule has 0 N–H and O–H groups in total. The van der Waals surface area contributed by atoms with Crippen LogP contribution in [0.25, 0.3) is 5.57 Å². The van der Waals surface area contributed by atoms with E-state index in [0.29, 0.717) is 40.9 Å². The smallest absolute Gasteiger partial charge is 0.282 e. The number of carbonyl (C=O) groups excluding carboxylic acids is 2. The van der Waals surface area contributed by atoms with Crippen LogP contribution in [-0.4, -0.2) is 29.8 Å². The van der Waals surface area contributed by atoms with Crippen LogP contribution < -0.4 is 4.90 Å². The van der Waals surface area contributed by atoms with Gasteiger partial charge in [-0.15, -0.1) is 0 Å². The second kappa shape index (κ2) is 7.81. The summed E-state index contributed by atoms with van der Waals surface area (Å²) in [4.78, 5) is 29.9. The summed E-state index contributed by atoms with van der Waals surface area (Å²) < 4.78 is 13.6. The van der Waals surface area contributed by atoms with Crippen LogP contribution in [-0.2, 0) is 9.59 Å². The number of imide groups is 1. The molecule has 2 heterocycles. The molecule has 0 aliphatic carbocycles. The molecule has 0 saturated carbocycles. The predicted molar refractivity (Wildman–Crippen MR) is 112 cm³/mol. The summed E-state index contributed by atoms with van der Waals surface area (Å²) in [5.41, 5.74) is 1.58. The zero-order chi connectivity index (χ0) is 20.7. The highest BCUT2D eigenvalue weighted by Gasteiger charge is 2.43. The van der Waals surface area contributed by atoms with Gasteiger partial charge < -0.3 is 4.90 Å². The SMILES string of the molecule is CC1CCCN(C2=C(c3ccc(Cl)cc3)C(=O)N(c3ccc(F)c(Cl)c3)C2=O)C1. The number of carbonyl (C=O) groups is 2. The molecular weight excluding hydrogens is 414 g/mol. The number of hydrogen-bond acceptors (Lipinski definition) is 3. The number of likely N-dealkylation sites (tertiary alicyclic amines) is 1. The monoisotopic (exact) mass is 432 g/mol. The molecule has 0 bridgehead atoms. The van der Waals surface area contributed by atoms with Gasteiger partial charge in [0, 0.05) is 18.1 Å². The van der Waals surface area contributed by atoms with E-state index in [1.165, 1.54) is 12.1 Å². The van der Waals surface area contributed by atoms with Gasteiger partial charge in [0.25, 0.3) is 11.8 Å². The molecule has 2 amide bonds. The van der Waals surface area contributed by atoms with Gasteiger partial charge in [0.2, 0.25) is 0 Å². The van der Waals surface area contributed by atoms with E-state index in [9.17, 15) is 14.0 Å². The Morgan fingerprint density at radius 2 is 1.76 bits per heavy atom. The van der Waals surface area contributed by atoms with Gasteiger partial charge >= 0.3 is 0 Å². The Bertz CT molecular complexity index is 1020. The quantitative estimate of drug-likeness (QED) is 0.629.